The van der Waals surface area contributed by atoms with Crippen LogP contribution >= 0.6 is 27.5 Å². The van der Waals surface area contributed by atoms with E-state index in [1.807, 2.05) is 12.1 Å². The molecule has 0 aliphatic carbocycles. The third kappa shape index (κ3) is 4.63. The lowest BCUT2D eigenvalue weighted by molar-refractivity contribution is -0.118. The van der Waals surface area contributed by atoms with Gasteiger partial charge in [0.05, 0.1) is 0 Å². The molecular weight excluding hydrogens is 314 g/mol. The SMILES string of the molecule is CS(=O)CC(=O)NCc1ccc(Br)cc1Cl. The minimum absolute atomic E-state index is 0.0220. The van der Waals surface area contributed by atoms with Gasteiger partial charge in [-0.15, -0.1) is 0 Å². The van der Waals surface area contributed by atoms with Crippen molar-refractivity contribution in [1.29, 1.82) is 0 Å². The van der Waals surface area contributed by atoms with E-state index in [0.29, 0.717) is 11.6 Å². The number of benzene rings is 1. The zero-order chi connectivity index (χ0) is 12.1. The first kappa shape index (κ1) is 13.7. The number of amides is 1. The second kappa shape index (κ2) is 6.37. The summed E-state index contributed by atoms with van der Waals surface area (Å²) in [6.45, 7) is 0.349. The summed E-state index contributed by atoms with van der Waals surface area (Å²) in [6.07, 6.45) is 1.49. The van der Waals surface area contributed by atoms with Gasteiger partial charge in [0.15, 0.2) is 0 Å². The summed E-state index contributed by atoms with van der Waals surface area (Å²) in [4.78, 5) is 11.2. The van der Waals surface area contributed by atoms with E-state index in [4.69, 9.17) is 11.6 Å². The van der Waals surface area contributed by atoms with Gasteiger partial charge in [-0.1, -0.05) is 33.6 Å². The van der Waals surface area contributed by atoms with Crippen molar-refractivity contribution >= 4 is 44.2 Å². The maximum atomic E-state index is 11.2. The van der Waals surface area contributed by atoms with Crippen molar-refractivity contribution in [3.05, 3.63) is 33.3 Å². The zero-order valence-electron chi connectivity index (χ0n) is 8.63. The summed E-state index contributed by atoms with van der Waals surface area (Å²) >= 11 is 9.27. The summed E-state index contributed by atoms with van der Waals surface area (Å²) in [5.41, 5.74) is 0.833. The first-order valence-electron chi connectivity index (χ1n) is 4.49. The molecule has 0 fully saturated rings. The van der Waals surface area contributed by atoms with E-state index in [1.54, 1.807) is 6.07 Å². The van der Waals surface area contributed by atoms with Crippen LogP contribution in [-0.2, 0) is 22.1 Å². The predicted molar refractivity (Wildman–Crippen MR) is 69.9 cm³/mol. The van der Waals surface area contributed by atoms with Crippen LogP contribution in [0.5, 0.6) is 0 Å². The van der Waals surface area contributed by atoms with Crippen LogP contribution in [-0.4, -0.2) is 22.1 Å². The molecule has 1 aromatic rings. The molecule has 1 aromatic carbocycles. The van der Waals surface area contributed by atoms with E-state index < -0.39 is 10.8 Å². The molecule has 1 unspecified atom stereocenters. The van der Waals surface area contributed by atoms with Crippen LogP contribution in [0.15, 0.2) is 22.7 Å². The molecule has 0 saturated carbocycles. The number of carbonyl (C=O) groups is 1. The Bertz CT molecular complexity index is 425. The molecule has 3 nitrogen and oxygen atoms in total. The van der Waals surface area contributed by atoms with Crippen molar-refractivity contribution in [2.75, 3.05) is 12.0 Å². The Kier molecular flexibility index (Phi) is 5.44. The molecule has 0 aliphatic rings. The number of rotatable bonds is 4. The fourth-order valence-corrected chi connectivity index (χ4v) is 2.31. The lowest BCUT2D eigenvalue weighted by atomic mass is 10.2. The van der Waals surface area contributed by atoms with Gasteiger partial charge >= 0.3 is 0 Å². The molecule has 1 rings (SSSR count). The Labute approximate surface area is 110 Å². The number of nitrogens with one attached hydrogen (secondary N) is 1. The van der Waals surface area contributed by atoms with Crippen molar-refractivity contribution < 1.29 is 9.00 Å². The second-order valence-corrected chi connectivity index (χ2v) is 5.99. The lowest BCUT2D eigenvalue weighted by Gasteiger charge is -2.06. The molecular formula is C10H11BrClNO2S. The van der Waals surface area contributed by atoms with Crippen LogP contribution in [0.2, 0.25) is 5.02 Å². The number of carbonyl (C=O) groups excluding carboxylic acids is 1. The molecule has 0 aromatic heterocycles. The van der Waals surface area contributed by atoms with Gasteiger partial charge in [0.25, 0.3) is 0 Å². The smallest absolute Gasteiger partial charge is 0.232 e. The van der Waals surface area contributed by atoms with Crippen LogP contribution < -0.4 is 5.32 Å². The fraction of sp³-hybridized carbons (Fsp3) is 0.300. The lowest BCUT2D eigenvalue weighted by Crippen LogP contribution is -2.27. The van der Waals surface area contributed by atoms with E-state index in [2.05, 4.69) is 21.2 Å². The van der Waals surface area contributed by atoms with Gasteiger partial charge in [-0.25, -0.2) is 0 Å². The van der Waals surface area contributed by atoms with E-state index in [0.717, 1.165) is 10.0 Å². The van der Waals surface area contributed by atoms with E-state index >= 15 is 0 Å². The van der Waals surface area contributed by atoms with E-state index in [1.165, 1.54) is 6.26 Å². The standard InChI is InChI=1S/C10H11BrClNO2S/c1-16(15)6-10(14)13-5-7-2-3-8(11)4-9(7)12/h2-4H,5-6H2,1H3,(H,13,14). The normalized spacial score (nSPS) is 12.2. The first-order chi connectivity index (χ1) is 7.49. The Morgan fingerprint density at radius 2 is 2.25 bits per heavy atom. The molecule has 16 heavy (non-hydrogen) atoms. The molecule has 0 aliphatic heterocycles. The van der Waals surface area contributed by atoms with Gasteiger partial charge in [0.1, 0.15) is 5.75 Å². The van der Waals surface area contributed by atoms with Gasteiger partial charge in [-0.2, -0.15) is 0 Å². The zero-order valence-corrected chi connectivity index (χ0v) is 11.8. The second-order valence-electron chi connectivity index (χ2n) is 3.23. The van der Waals surface area contributed by atoms with Gasteiger partial charge in [-0.05, 0) is 17.7 Å². The molecule has 0 heterocycles. The number of hydrogen-bond donors (Lipinski definition) is 1. The highest BCUT2D eigenvalue weighted by atomic mass is 79.9. The molecule has 88 valence electrons. The molecule has 1 N–H and O–H groups in total. The maximum Gasteiger partial charge on any atom is 0.232 e. The van der Waals surface area contributed by atoms with E-state index in [-0.39, 0.29) is 11.7 Å². The van der Waals surface area contributed by atoms with Crippen LogP contribution in [0.1, 0.15) is 5.56 Å². The molecule has 6 heteroatoms. The van der Waals surface area contributed by atoms with Gasteiger partial charge in [0, 0.05) is 33.1 Å². The van der Waals surface area contributed by atoms with Gasteiger partial charge < -0.3 is 5.32 Å². The summed E-state index contributed by atoms with van der Waals surface area (Å²) < 4.78 is 11.7. The Morgan fingerprint density at radius 3 is 2.81 bits per heavy atom. The van der Waals surface area contributed by atoms with Crippen molar-refractivity contribution in [1.82, 2.24) is 5.32 Å². The monoisotopic (exact) mass is 323 g/mol. The average Bonchev–Trinajstić information content (AvgIpc) is 2.15. The van der Waals surface area contributed by atoms with E-state index in [9.17, 15) is 9.00 Å². The van der Waals surface area contributed by atoms with Crippen molar-refractivity contribution in [3.8, 4) is 0 Å². The third-order valence-electron chi connectivity index (χ3n) is 1.83. The molecule has 1 atom stereocenters. The van der Waals surface area contributed by atoms with Crippen LogP contribution in [0.25, 0.3) is 0 Å². The third-order valence-corrected chi connectivity index (χ3v) is 3.34. The summed E-state index contributed by atoms with van der Waals surface area (Å²) in [7, 11) is -1.12. The van der Waals surface area contributed by atoms with Crippen LogP contribution in [0.3, 0.4) is 0 Å². The molecule has 0 saturated heterocycles. The number of halogens is 2. The van der Waals surface area contributed by atoms with Crippen molar-refractivity contribution in [3.63, 3.8) is 0 Å². The molecule has 0 radical (unpaired) electrons. The largest absolute Gasteiger partial charge is 0.351 e. The fourth-order valence-electron chi connectivity index (χ4n) is 1.09. The first-order valence-corrected chi connectivity index (χ1v) is 7.39. The topological polar surface area (TPSA) is 46.2 Å². The van der Waals surface area contributed by atoms with Crippen molar-refractivity contribution in [2.45, 2.75) is 6.54 Å². The highest BCUT2D eigenvalue weighted by molar-refractivity contribution is 9.10. The quantitative estimate of drug-likeness (QED) is 0.922. The predicted octanol–water partition coefficient (Wildman–Crippen LogP) is 2.10. The minimum atomic E-state index is -1.12. The number of hydrogen-bond acceptors (Lipinski definition) is 2. The molecule has 0 spiro atoms. The molecule has 1 amide bonds. The summed E-state index contributed by atoms with van der Waals surface area (Å²) in [5, 5.41) is 3.25. The Balaban J connectivity index is 2.54. The molecule has 0 bridgehead atoms. The van der Waals surface area contributed by atoms with Gasteiger partial charge in [0.2, 0.25) is 5.91 Å². The van der Waals surface area contributed by atoms with Crippen LogP contribution in [0, 0.1) is 0 Å². The summed E-state index contributed by atoms with van der Waals surface area (Å²) in [5.74, 6) is -0.214. The van der Waals surface area contributed by atoms with Crippen molar-refractivity contribution in [2.24, 2.45) is 0 Å². The Morgan fingerprint density at radius 1 is 1.56 bits per heavy atom. The highest BCUT2D eigenvalue weighted by Crippen LogP contribution is 2.20. The van der Waals surface area contributed by atoms with Gasteiger partial charge in [-0.3, -0.25) is 9.00 Å². The highest BCUT2D eigenvalue weighted by Gasteiger charge is 2.05. The minimum Gasteiger partial charge on any atom is -0.351 e. The summed E-state index contributed by atoms with van der Waals surface area (Å²) in [6, 6.07) is 5.45. The van der Waals surface area contributed by atoms with Crippen LogP contribution in [0.4, 0.5) is 0 Å². The Hall–Kier alpha value is -0.390. The maximum absolute atomic E-state index is 11.2. The average molecular weight is 325 g/mol.